The van der Waals surface area contributed by atoms with Crippen molar-refractivity contribution in [1.82, 2.24) is 24.1 Å². The summed E-state index contributed by atoms with van der Waals surface area (Å²) in [5, 5.41) is 5.81. The molecule has 1 aliphatic carbocycles. The van der Waals surface area contributed by atoms with Crippen molar-refractivity contribution in [2.75, 3.05) is 14.2 Å². The molecule has 0 unspecified atom stereocenters. The summed E-state index contributed by atoms with van der Waals surface area (Å²) in [5.41, 5.74) is 5.29. The molecule has 0 amide bonds. The monoisotopic (exact) mass is 419 g/mol. The molecule has 0 atom stereocenters. The average Bonchev–Trinajstić information content (AvgIpc) is 3.20. The molecule has 1 aromatic carbocycles. The number of aryl methyl sites for hydroxylation is 1. The zero-order chi connectivity index (χ0) is 21.5. The summed E-state index contributed by atoms with van der Waals surface area (Å²) in [6.45, 7) is 4.39. The first-order chi connectivity index (χ1) is 15.1. The van der Waals surface area contributed by atoms with Gasteiger partial charge in [0, 0.05) is 17.3 Å². The zero-order valence-electron chi connectivity index (χ0n) is 18.7. The van der Waals surface area contributed by atoms with Crippen molar-refractivity contribution in [3.63, 3.8) is 0 Å². The lowest BCUT2D eigenvalue weighted by atomic mass is 10.1. The van der Waals surface area contributed by atoms with E-state index in [-0.39, 0.29) is 0 Å². The number of hydrogen-bond acceptors (Lipinski definition) is 5. The highest BCUT2D eigenvalue weighted by molar-refractivity contribution is 5.94. The molecule has 5 rings (SSSR count). The van der Waals surface area contributed by atoms with E-state index < -0.39 is 0 Å². The molecule has 0 spiro atoms. The SMILES string of the molecule is COc1ccc(-c2nc3c4c(C)c(C)n(C5CCCCCC5)c4ncn3n2)cc1OC. The lowest BCUT2D eigenvalue weighted by Crippen LogP contribution is -2.10. The number of methoxy groups -OCH3 is 2. The average molecular weight is 420 g/mol. The van der Waals surface area contributed by atoms with Crippen molar-refractivity contribution in [2.24, 2.45) is 0 Å². The summed E-state index contributed by atoms with van der Waals surface area (Å²) in [4.78, 5) is 9.77. The number of nitrogens with zero attached hydrogens (tertiary/aromatic N) is 5. The third-order valence-electron chi connectivity index (χ3n) is 6.71. The van der Waals surface area contributed by atoms with Crippen LogP contribution >= 0.6 is 0 Å². The Labute approximate surface area is 182 Å². The van der Waals surface area contributed by atoms with E-state index in [0.717, 1.165) is 22.2 Å². The van der Waals surface area contributed by atoms with Crippen LogP contribution in [0.5, 0.6) is 11.5 Å². The Kier molecular flexibility index (Phi) is 5.04. The highest BCUT2D eigenvalue weighted by Crippen LogP contribution is 2.36. The number of hydrogen-bond donors (Lipinski definition) is 0. The van der Waals surface area contributed by atoms with Crippen LogP contribution in [0.1, 0.15) is 55.8 Å². The third-order valence-corrected chi connectivity index (χ3v) is 6.71. The molecule has 0 bridgehead atoms. The van der Waals surface area contributed by atoms with Crippen LogP contribution in [-0.4, -0.2) is 38.4 Å². The Morgan fingerprint density at radius 2 is 1.68 bits per heavy atom. The molecule has 31 heavy (non-hydrogen) atoms. The summed E-state index contributed by atoms with van der Waals surface area (Å²) in [6.07, 6.45) is 9.50. The predicted octanol–water partition coefficient (Wildman–Crippen LogP) is 5.28. The summed E-state index contributed by atoms with van der Waals surface area (Å²) in [6, 6.07) is 6.26. The molecule has 0 N–H and O–H groups in total. The van der Waals surface area contributed by atoms with Crippen LogP contribution in [0, 0.1) is 13.8 Å². The zero-order valence-corrected chi connectivity index (χ0v) is 18.7. The summed E-state index contributed by atoms with van der Waals surface area (Å²) >= 11 is 0. The van der Waals surface area contributed by atoms with Gasteiger partial charge < -0.3 is 14.0 Å². The van der Waals surface area contributed by atoms with Gasteiger partial charge in [0.25, 0.3) is 0 Å². The molecular formula is C24H29N5O2. The summed E-state index contributed by atoms with van der Waals surface area (Å²) < 4.78 is 15.1. The first-order valence-electron chi connectivity index (χ1n) is 11.1. The fourth-order valence-corrected chi connectivity index (χ4v) is 4.95. The topological polar surface area (TPSA) is 66.5 Å². The number of benzene rings is 1. The predicted molar refractivity (Wildman–Crippen MR) is 121 cm³/mol. The molecule has 1 fully saturated rings. The lowest BCUT2D eigenvalue weighted by molar-refractivity contribution is 0.355. The number of aromatic nitrogens is 5. The van der Waals surface area contributed by atoms with Crippen molar-refractivity contribution in [2.45, 2.75) is 58.4 Å². The standard InChI is InChI=1S/C24H29N5O2/c1-15-16(2)29(18-9-7-5-6-8-10-18)23-21(15)24-26-22(27-28(24)14-25-23)17-11-12-19(30-3)20(13-17)31-4/h11-14,18H,5-10H2,1-4H3. The van der Waals surface area contributed by atoms with E-state index in [1.807, 2.05) is 18.2 Å². The van der Waals surface area contributed by atoms with Gasteiger partial charge in [0.1, 0.15) is 12.0 Å². The van der Waals surface area contributed by atoms with Gasteiger partial charge in [-0.05, 0) is 50.5 Å². The number of ether oxygens (including phenoxy) is 2. The van der Waals surface area contributed by atoms with Crippen LogP contribution in [0.2, 0.25) is 0 Å². The van der Waals surface area contributed by atoms with E-state index >= 15 is 0 Å². The first-order valence-corrected chi connectivity index (χ1v) is 11.1. The van der Waals surface area contributed by atoms with Crippen molar-refractivity contribution < 1.29 is 9.47 Å². The van der Waals surface area contributed by atoms with Gasteiger partial charge in [0.15, 0.2) is 23.0 Å². The Balaban J connectivity index is 1.66. The Bertz CT molecular complexity index is 1250. The summed E-state index contributed by atoms with van der Waals surface area (Å²) in [5.74, 6) is 1.99. The van der Waals surface area contributed by atoms with Crippen LogP contribution < -0.4 is 9.47 Å². The number of fused-ring (bicyclic) bond motifs is 3. The van der Waals surface area contributed by atoms with Gasteiger partial charge in [0.05, 0.1) is 19.6 Å². The van der Waals surface area contributed by atoms with Crippen molar-refractivity contribution in [3.05, 3.63) is 35.8 Å². The highest BCUT2D eigenvalue weighted by atomic mass is 16.5. The van der Waals surface area contributed by atoms with Gasteiger partial charge in [-0.2, -0.15) is 0 Å². The largest absolute Gasteiger partial charge is 0.493 e. The maximum Gasteiger partial charge on any atom is 0.182 e. The molecule has 7 heteroatoms. The minimum Gasteiger partial charge on any atom is -0.493 e. The first kappa shape index (κ1) is 19.8. The van der Waals surface area contributed by atoms with Gasteiger partial charge in [-0.15, -0.1) is 5.10 Å². The second-order valence-corrected chi connectivity index (χ2v) is 8.44. The molecule has 3 heterocycles. The quantitative estimate of drug-likeness (QED) is 0.421. The molecule has 3 aromatic heterocycles. The Morgan fingerprint density at radius 1 is 0.935 bits per heavy atom. The lowest BCUT2D eigenvalue weighted by Gasteiger charge is -2.19. The number of rotatable bonds is 4. The maximum atomic E-state index is 5.46. The van der Waals surface area contributed by atoms with Gasteiger partial charge in [0.2, 0.25) is 0 Å². The van der Waals surface area contributed by atoms with Crippen molar-refractivity contribution in [1.29, 1.82) is 0 Å². The fraction of sp³-hybridized carbons (Fsp3) is 0.458. The molecule has 0 saturated heterocycles. The molecule has 1 aliphatic rings. The third kappa shape index (κ3) is 3.23. The molecule has 0 aliphatic heterocycles. The van der Waals surface area contributed by atoms with Gasteiger partial charge in [-0.3, -0.25) is 0 Å². The van der Waals surface area contributed by atoms with E-state index in [4.69, 9.17) is 24.5 Å². The van der Waals surface area contributed by atoms with Crippen molar-refractivity contribution >= 4 is 16.7 Å². The minimum absolute atomic E-state index is 0.516. The Morgan fingerprint density at radius 3 is 2.39 bits per heavy atom. The van der Waals surface area contributed by atoms with Crippen LogP contribution in [0.3, 0.4) is 0 Å². The van der Waals surface area contributed by atoms with Gasteiger partial charge >= 0.3 is 0 Å². The second kappa shape index (κ2) is 7.87. The van der Waals surface area contributed by atoms with E-state index in [1.165, 1.54) is 49.8 Å². The normalized spacial score (nSPS) is 15.5. The maximum absolute atomic E-state index is 5.46. The summed E-state index contributed by atoms with van der Waals surface area (Å²) in [7, 11) is 3.27. The van der Waals surface area contributed by atoms with Gasteiger partial charge in [-0.1, -0.05) is 25.7 Å². The molecule has 4 aromatic rings. The van der Waals surface area contributed by atoms with E-state index in [9.17, 15) is 0 Å². The molecule has 1 saturated carbocycles. The molecule has 162 valence electrons. The van der Waals surface area contributed by atoms with Crippen LogP contribution in [0.15, 0.2) is 24.5 Å². The van der Waals surface area contributed by atoms with E-state index in [2.05, 4.69) is 18.4 Å². The molecule has 0 radical (unpaired) electrons. The van der Waals surface area contributed by atoms with Crippen LogP contribution in [-0.2, 0) is 0 Å². The minimum atomic E-state index is 0.516. The molecular weight excluding hydrogens is 390 g/mol. The van der Waals surface area contributed by atoms with Crippen molar-refractivity contribution in [3.8, 4) is 22.9 Å². The fourth-order valence-electron chi connectivity index (χ4n) is 4.95. The van der Waals surface area contributed by atoms with Gasteiger partial charge in [-0.25, -0.2) is 14.5 Å². The second-order valence-electron chi connectivity index (χ2n) is 8.44. The highest BCUT2D eigenvalue weighted by Gasteiger charge is 2.24. The van der Waals surface area contributed by atoms with Crippen LogP contribution in [0.4, 0.5) is 0 Å². The Hall–Kier alpha value is -3.09. The molecule has 7 nitrogen and oxygen atoms in total. The van der Waals surface area contributed by atoms with E-state index in [1.54, 1.807) is 25.1 Å². The van der Waals surface area contributed by atoms with E-state index in [0.29, 0.717) is 23.4 Å². The smallest absolute Gasteiger partial charge is 0.182 e. The van der Waals surface area contributed by atoms with Crippen LogP contribution in [0.25, 0.3) is 28.1 Å².